The van der Waals surface area contributed by atoms with E-state index in [1.165, 1.54) is 6.07 Å². The maximum Gasteiger partial charge on any atom is 0.336 e. The van der Waals surface area contributed by atoms with Gasteiger partial charge in [-0.15, -0.1) is 0 Å². The van der Waals surface area contributed by atoms with Gasteiger partial charge in [0.25, 0.3) is 10.0 Å². The average Bonchev–Trinajstić information content (AvgIpc) is 2.99. The summed E-state index contributed by atoms with van der Waals surface area (Å²) in [5.74, 6) is -0.714. The summed E-state index contributed by atoms with van der Waals surface area (Å²) >= 11 is 0. The minimum atomic E-state index is -4.05. The molecular formula is C22H24N2O5S. The monoisotopic (exact) mass is 428 g/mol. The number of anilines is 1. The molecule has 30 heavy (non-hydrogen) atoms. The first-order valence-corrected chi connectivity index (χ1v) is 11.0. The molecule has 0 unspecified atom stereocenters. The summed E-state index contributed by atoms with van der Waals surface area (Å²) in [6.45, 7) is 7.51. The van der Waals surface area contributed by atoms with Crippen LogP contribution in [0, 0.1) is 19.8 Å². The lowest BCUT2D eigenvalue weighted by atomic mass is 9.94. The number of rotatable bonds is 7. The maximum atomic E-state index is 13.1. The molecule has 0 radical (unpaired) electrons. The summed E-state index contributed by atoms with van der Waals surface area (Å²) in [7, 11) is -4.05. The highest BCUT2D eigenvalue weighted by Gasteiger charge is 2.25. The Morgan fingerprint density at radius 2 is 1.83 bits per heavy atom. The van der Waals surface area contributed by atoms with Crippen LogP contribution in [0.1, 0.15) is 41.0 Å². The number of carboxylic acid groups (broad SMARTS) is 1. The third kappa shape index (κ3) is 4.38. The zero-order valence-electron chi connectivity index (χ0n) is 17.3. The number of nitrogens with one attached hydrogen (secondary N) is 1. The molecule has 1 aromatic heterocycles. The van der Waals surface area contributed by atoms with E-state index in [9.17, 15) is 18.3 Å². The van der Waals surface area contributed by atoms with Crippen LogP contribution in [0.5, 0.6) is 0 Å². The molecule has 3 aromatic rings. The summed E-state index contributed by atoms with van der Waals surface area (Å²) in [6, 6.07) is 11.4. The molecule has 2 aromatic carbocycles. The van der Waals surface area contributed by atoms with Crippen molar-refractivity contribution in [3.8, 4) is 11.1 Å². The number of aryl methyl sites for hydroxylation is 1. The zero-order valence-corrected chi connectivity index (χ0v) is 18.1. The largest absolute Gasteiger partial charge is 0.478 e. The summed E-state index contributed by atoms with van der Waals surface area (Å²) < 4.78 is 33.7. The Labute approximate surface area is 175 Å². The Hall–Kier alpha value is -3.13. The highest BCUT2D eigenvalue weighted by Crippen LogP contribution is 2.33. The third-order valence-corrected chi connectivity index (χ3v) is 6.20. The van der Waals surface area contributed by atoms with Crippen LogP contribution in [0.15, 0.2) is 51.9 Å². The third-order valence-electron chi connectivity index (χ3n) is 4.81. The fourth-order valence-electron chi connectivity index (χ4n) is 3.21. The second-order valence-corrected chi connectivity index (χ2v) is 9.26. The molecule has 0 saturated carbocycles. The lowest BCUT2D eigenvalue weighted by Crippen LogP contribution is -2.15. The molecule has 1 heterocycles. The quantitative estimate of drug-likeness (QED) is 0.567. The lowest BCUT2D eigenvalue weighted by molar-refractivity contribution is 0.0697. The minimum absolute atomic E-state index is 0.0352. The van der Waals surface area contributed by atoms with Gasteiger partial charge in [0.15, 0.2) is 0 Å². The lowest BCUT2D eigenvalue weighted by Gasteiger charge is -2.15. The Morgan fingerprint density at radius 3 is 2.43 bits per heavy atom. The molecule has 8 heteroatoms. The van der Waals surface area contributed by atoms with Gasteiger partial charge in [0, 0.05) is 11.1 Å². The molecule has 0 bridgehead atoms. The molecule has 0 saturated heterocycles. The predicted octanol–water partition coefficient (Wildman–Crippen LogP) is 4.66. The molecule has 0 amide bonds. The fourth-order valence-corrected chi connectivity index (χ4v) is 4.48. The van der Waals surface area contributed by atoms with Crippen molar-refractivity contribution in [3.63, 3.8) is 0 Å². The van der Waals surface area contributed by atoms with Crippen molar-refractivity contribution in [1.82, 2.24) is 5.16 Å². The van der Waals surface area contributed by atoms with E-state index in [2.05, 4.69) is 23.7 Å². The number of sulfonamides is 1. The normalized spacial score (nSPS) is 11.6. The van der Waals surface area contributed by atoms with E-state index < -0.39 is 16.0 Å². The van der Waals surface area contributed by atoms with E-state index in [0.29, 0.717) is 28.3 Å². The Bertz CT molecular complexity index is 1200. The van der Waals surface area contributed by atoms with Gasteiger partial charge in [-0.05, 0) is 49.4 Å². The van der Waals surface area contributed by atoms with Crippen molar-refractivity contribution in [2.24, 2.45) is 5.92 Å². The Kier molecular flexibility index (Phi) is 5.98. The van der Waals surface area contributed by atoms with Crippen LogP contribution in [-0.2, 0) is 16.4 Å². The van der Waals surface area contributed by atoms with Gasteiger partial charge >= 0.3 is 5.97 Å². The van der Waals surface area contributed by atoms with Crippen LogP contribution in [0.4, 0.5) is 5.88 Å². The van der Waals surface area contributed by atoms with Gasteiger partial charge in [-0.25, -0.2) is 17.9 Å². The SMILES string of the molecule is Cc1noc(NS(=O)(=O)c2ccccc2-c2ccc(CC(C)C)cc2C(=O)O)c1C. The second kappa shape index (κ2) is 8.31. The number of hydrogen-bond acceptors (Lipinski definition) is 5. The van der Waals surface area contributed by atoms with Gasteiger partial charge in [-0.3, -0.25) is 0 Å². The molecule has 0 spiro atoms. The molecule has 2 N–H and O–H groups in total. The van der Waals surface area contributed by atoms with Gasteiger partial charge in [0.1, 0.15) is 0 Å². The van der Waals surface area contributed by atoms with Gasteiger partial charge in [-0.2, -0.15) is 0 Å². The number of hydrogen-bond donors (Lipinski definition) is 2. The van der Waals surface area contributed by atoms with Crippen LogP contribution in [-0.4, -0.2) is 24.7 Å². The number of aromatic nitrogens is 1. The summed E-state index contributed by atoms with van der Waals surface area (Å²) in [5, 5.41) is 13.5. The Balaban J connectivity index is 2.11. The smallest absolute Gasteiger partial charge is 0.336 e. The summed E-state index contributed by atoms with van der Waals surface area (Å²) in [6.07, 6.45) is 0.728. The second-order valence-electron chi connectivity index (χ2n) is 7.61. The van der Waals surface area contributed by atoms with E-state index in [4.69, 9.17) is 4.52 Å². The van der Waals surface area contributed by atoms with Gasteiger partial charge in [0.05, 0.1) is 16.2 Å². The topological polar surface area (TPSA) is 110 Å². The summed E-state index contributed by atoms with van der Waals surface area (Å²) in [5.41, 5.74) is 2.74. The van der Waals surface area contributed by atoms with Crippen molar-refractivity contribution in [2.75, 3.05) is 4.72 Å². The molecule has 7 nitrogen and oxygen atoms in total. The summed E-state index contributed by atoms with van der Waals surface area (Å²) in [4.78, 5) is 11.9. The molecule has 0 aliphatic heterocycles. The molecular weight excluding hydrogens is 404 g/mol. The molecule has 0 aliphatic rings. The standard InChI is InChI=1S/C22H24N2O5S/c1-13(2)11-16-9-10-17(19(12-16)22(25)26)18-7-5-6-8-20(18)30(27,28)24-21-14(3)15(4)23-29-21/h5-10,12-13,24H,11H2,1-4H3,(H,25,26). The molecule has 3 rings (SSSR count). The van der Waals surface area contributed by atoms with E-state index in [1.54, 1.807) is 44.2 Å². The number of benzene rings is 2. The van der Waals surface area contributed by atoms with Crippen LogP contribution in [0.3, 0.4) is 0 Å². The van der Waals surface area contributed by atoms with Crippen molar-refractivity contribution in [2.45, 2.75) is 39.0 Å². The highest BCUT2D eigenvalue weighted by atomic mass is 32.2. The number of aromatic carboxylic acids is 1. The van der Waals surface area contributed by atoms with Gasteiger partial charge < -0.3 is 9.63 Å². The van der Waals surface area contributed by atoms with E-state index >= 15 is 0 Å². The number of carbonyl (C=O) groups is 1. The minimum Gasteiger partial charge on any atom is -0.478 e. The zero-order chi connectivity index (χ0) is 22.1. The van der Waals surface area contributed by atoms with E-state index in [0.717, 1.165) is 12.0 Å². The van der Waals surface area contributed by atoms with Crippen molar-refractivity contribution >= 4 is 21.9 Å². The molecule has 158 valence electrons. The number of nitrogens with zero attached hydrogens (tertiary/aromatic N) is 1. The van der Waals surface area contributed by atoms with Crippen LogP contribution in [0.2, 0.25) is 0 Å². The van der Waals surface area contributed by atoms with Crippen LogP contribution < -0.4 is 4.72 Å². The first-order chi connectivity index (χ1) is 14.1. The fraction of sp³-hybridized carbons (Fsp3) is 0.273. The molecule has 0 aliphatic carbocycles. The molecule has 0 atom stereocenters. The van der Waals surface area contributed by atoms with E-state index in [-0.39, 0.29) is 16.3 Å². The van der Waals surface area contributed by atoms with E-state index in [1.807, 2.05) is 6.07 Å². The van der Waals surface area contributed by atoms with Gasteiger partial charge in [-0.1, -0.05) is 49.3 Å². The Morgan fingerprint density at radius 1 is 1.13 bits per heavy atom. The van der Waals surface area contributed by atoms with Crippen LogP contribution in [0.25, 0.3) is 11.1 Å². The predicted molar refractivity (Wildman–Crippen MR) is 114 cm³/mol. The maximum absolute atomic E-state index is 13.1. The van der Waals surface area contributed by atoms with Crippen molar-refractivity contribution < 1.29 is 22.8 Å². The number of carboxylic acids is 1. The van der Waals surface area contributed by atoms with Crippen molar-refractivity contribution in [3.05, 3.63) is 64.8 Å². The molecule has 0 fully saturated rings. The van der Waals surface area contributed by atoms with Gasteiger partial charge in [0.2, 0.25) is 5.88 Å². The van der Waals surface area contributed by atoms with Crippen LogP contribution >= 0.6 is 0 Å². The highest BCUT2D eigenvalue weighted by molar-refractivity contribution is 7.92. The average molecular weight is 429 g/mol. The first kappa shape index (κ1) is 21.6. The first-order valence-electron chi connectivity index (χ1n) is 9.51. The van der Waals surface area contributed by atoms with Crippen molar-refractivity contribution in [1.29, 1.82) is 0 Å².